The molecule has 0 spiro atoms. The number of anilines is 1. The standard InChI is InChI=1S/C31H35BrFN3O5S/c1-3-41-28-15-13-27(14-16-28)36(42(39,40)29-17-11-25(33)12-18-29)21-30(37)35(20-23-7-6-8-24(32)19-23)22(2)31(38)34-26-9-4-5-10-26/h6-8,11-19,22,26H,3-5,9-10,20-21H2,1-2H3,(H,34,38)/t22-/m0/s1. The maximum absolute atomic E-state index is 14.0. The SMILES string of the molecule is CCOc1ccc(N(CC(=O)N(Cc2cccc(Br)c2)[C@@H](C)C(=O)NC2CCCC2)S(=O)(=O)c2ccc(F)cc2)cc1. The van der Waals surface area contributed by atoms with E-state index in [0.29, 0.717) is 12.4 Å². The number of hydrogen-bond donors (Lipinski definition) is 1. The van der Waals surface area contributed by atoms with Gasteiger partial charge >= 0.3 is 0 Å². The molecule has 0 bridgehead atoms. The maximum atomic E-state index is 14.0. The van der Waals surface area contributed by atoms with Gasteiger partial charge in [-0.3, -0.25) is 13.9 Å². The Labute approximate surface area is 255 Å². The van der Waals surface area contributed by atoms with Crippen LogP contribution in [-0.4, -0.2) is 50.4 Å². The molecule has 42 heavy (non-hydrogen) atoms. The van der Waals surface area contributed by atoms with E-state index >= 15 is 0 Å². The second-order valence-electron chi connectivity index (χ2n) is 10.2. The van der Waals surface area contributed by atoms with Crippen LogP contribution in [0.2, 0.25) is 0 Å². The van der Waals surface area contributed by atoms with Crippen molar-refractivity contribution in [3.05, 3.63) is 88.6 Å². The minimum atomic E-state index is -4.30. The first-order valence-electron chi connectivity index (χ1n) is 13.9. The van der Waals surface area contributed by atoms with E-state index in [0.717, 1.165) is 64.3 Å². The predicted octanol–water partition coefficient (Wildman–Crippen LogP) is 5.66. The second kappa shape index (κ2) is 14.2. The van der Waals surface area contributed by atoms with Gasteiger partial charge in [0.2, 0.25) is 11.8 Å². The summed E-state index contributed by atoms with van der Waals surface area (Å²) in [6, 6.07) is 17.3. The number of hydrogen-bond acceptors (Lipinski definition) is 5. The molecule has 3 aromatic rings. The summed E-state index contributed by atoms with van der Waals surface area (Å²) in [5, 5.41) is 3.05. The largest absolute Gasteiger partial charge is 0.494 e. The number of halogens is 2. The Balaban J connectivity index is 1.69. The van der Waals surface area contributed by atoms with E-state index in [1.54, 1.807) is 31.2 Å². The van der Waals surface area contributed by atoms with Gasteiger partial charge in [-0.2, -0.15) is 0 Å². The molecule has 3 aromatic carbocycles. The molecule has 1 N–H and O–H groups in total. The Hall–Kier alpha value is -3.44. The fraction of sp³-hybridized carbons (Fsp3) is 0.355. The third-order valence-corrected chi connectivity index (χ3v) is 9.51. The van der Waals surface area contributed by atoms with Crippen molar-refractivity contribution in [2.24, 2.45) is 0 Å². The van der Waals surface area contributed by atoms with Crippen LogP contribution in [0.4, 0.5) is 10.1 Å². The molecule has 1 saturated carbocycles. The molecule has 1 aliphatic carbocycles. The van der Waals surface area contributed by atoms with E-state index < -0.39 is 34.3 Å². The smallest absolute Gasteiger partial charge is 0.264 e. The first kappa shape index (κ1) is 31.5. The summed E-state index contributed by atoms with van der Waals surface area (Å²) in [7, 11) is -4.30. The highest BCUT2D eigenvalue weighted by Gasteiger charge is 2.33. The summed E-state index contributed by atoms with van der Waals surface area (Å²) in [5.41, 5.74) is 0.994. The van der Waals surface area contributed by atoms with Gasteiger partial charge in [-0.05, 0) is 92.9 Å². The molecule has 0 aliphatic heterocycles. The minimum Gasteiger partial charge on any atom is -0.494 e. The molecule has 8 nitrogen and oxygen atoms in total. The minimum absolute atomic E-state index is 0.0574. The third kappa shape index (κ3) is 7.89. The number of benzene rings is 3. The average molecular weight is 661 g/mol. The molecule has 1 fully saturated rings. The van der Waals surface area contributed by atoms with Crippen LogP contribution in [0.25, 0.3) is 0 Å². The number of rotatable bonds is 12. The van der Waals surface area contributed by atoms with Gasteiger partial charge in [-0.15, -0.1) is 0 Å². The molecule has 0 radical (unpaired) electrons. The molecular formula is C31H35BrFN3O5S. The third-order valence-electron chi connectivity index (χ3n) is 7.23. The number of carbonyl (C=O) groups is 2. The molecule has 1 aliphatic rings. The Morgan fingerprint density at radius 3 is 2.33 bits per heavy atom. The fourth-order valence-corrected chi connectivity index (χ4v) is 6.81. The average Bonchev–Trinajstić information content (AvgIpc) is 3.48. The molecule has 1 atom stereocenters. The van der Waals surface area contributed by atoms with E-state index in [-0.39, 0.29) is 29.1 Å². The highest BCUT2D eigenvalue weighted by molar-refractivity contribution is 9.10. The normalized spacial score (nSPS) is 14.3. The lowest BCUT2D eigenvalue weighted by Crippen LogP contribution is -2.52. The molecule has 11 heteroatoms. The molecular weight excluding hydrogens is 625 g/mol. The maximum Gasteiger partial charge on any atom is 0.264 e. The number of carbonyl (C=O) groups excluding carboxylic acids is 2. The van der Waals surface area contributed by atoms with Crippen LogP contribution in [0.15, 0.2) is 82.2 Å². The van der Waals surface area contributed by atoms with Gasteiger partial charge in [0.05, 0.1) is 17.2 Å². The van der Waals surface area contributed by atoms with Crippen LogP contribution < -0.4 is 14.4 Å². The Kier molecular flexibility index (Phi) is 10.6. The topological polar surface area (TPSA) is 96.0 Å². The van der Waals surface area contributed by atoms with Crippen molar-refractivity contribution in [1.82, 2.24) is 10.2 Å². The van der Waals surface area contributed by atoms with Crippen LogP contribution in [0.1, 0.15) is 45.1 Å². The highest BCUT2D eigenvalue weighted by Crippen LogP contribution is 2.27. The number of sulfonamides is 1. The van der Waals surface area contributed by atoms with Crippen molar-refractivity contribution in [3.8, 4) is 5.75 Å². The summed E-state index contributed by atoms with van der Waals surface area (Å²) < 4.78 is 48.7. The zero-order chi connectivity index (χ0) is 30.3. The van der Waals surface area contributed by atoms with Crippen LogP contribution in [0, 0.1) is 5.82 Å². The number of amides is 2. The molecule has 2 amide bonds. The number of ether oxygens (including phenoxy) is 1. The van der Waals surface area contributed by atoms with E-state index in [1.807, 2.05) is 31.2 Å². The van der Waals surface area contributed by atoms with E-state index in [1.165, 1.54) is 4.90 Å². The van der Waals surface area contributed by atoms with E-state index in [4.69, 9.17) is 4.74 Å². The van der Waals surface area contributed by atoms with Crippen LogP contribution in [0.3, 0.4) is 0 Å². The molecule has 0 saturated heterocycles. The van der Waals surface area contributed by atoms with Gasteiger partial charge < -0.3 is 15.0 Å². The first-order valence-corrected chi connectivity index (χ1v) is 16.2. The molecule has 0 heterocycles. The van der Waals surface area contributed by atoms with Crippen molar-refractivity contribution in [3.63, 3.8) is 0 Å². The van der Waals surface area contributed by atoms with Gasteiger partial charge in [0.1, 0.15) is 24.2 Å². The van der Waals surface area contributed by atoms with Crippen LogP contribution >= 0.6 is 15.9 Å². The summed E-state index contributed by atoms with van der Waals surface area (Å²) >= 11 is 3.45. The molecule has 4 rings (SSSR count). The van der Waals surface area contributed by atoms with Gasteiger partial charge in [0.15, 0.2) is 0 Å². The Morgan fingerprint density at radius 2 is 1.71 bits per heavy atom. The zero-order valence-corrected chi connectivity index (χ0v) is 26.0. The van der Waals surface area contributed by atoms with Gasteiger partial charge in [-0.25, -0.2) is 12.8 Å². The molecule has 0 unspecified atom stereocenters. The lowest BCUT2D eigenvalue weighted by Gasteiger charge is -2.32. The van der Waals surface area contributed by atoms with Crippen molar-refractivity contribution in [2.45, 2.75) is 63.1 Å². The number of nitrogens with zero attached hydrogens (tertiary/aromatic N) is 2. The van der Waals surface area contributed by atoms with Gasteiger partial charge in [0, 0.05) is 17.1 Å². The van der Waals surface area contributed by atoms with Crippen molar-refractivity contribution in [1.29, 1.82) is 0 Å². The van der Waals surface area contributed by atoms with Crippen molar-refractivity contribution >= 4 is 43.5 Å². The lowest BCUT2D eigenvalue weighted by molar-refractivity contribution is -0.139. The van der Waals surface area contributed by atoms with Crippen molar-refractivity contribution < 1.29 is 27.1 Å². The Bertz CT molecular complexity index is 1480. The summed E-state index contributed by atoms with van der Waals surface area (Å²) in [6.45, 7) is 3.42. The Morgan fingerprint density at radius 1 is 1.05 bits per heavy atom. The van der Waals surface area contributed by atoms with Crippen LogP contribution in [0.5, 0.6) is 5.75 Å². The first-order chi connectivity index (χ1) is 20.1. The summed E-state index contributed by atoms with van der Waals surface area (Å²) in [6.07, 6.45) is 3.86. The van der Waals surface area contributed by atoms with E-state index in [2.05, 4.69) is 21.2 Å². The molecule has 0 aromatic heterocycles. The predicted molar refractivity (Wildman–Crippen MR) is 163 cm³/mol. The van der Waals surface area contributed by atoms with E-state index in [9.17, 15) is 22.4 Å². The van der Waals surface area contributed by atoms with Crippen LogP contribution in [-0.2, 0) is 26.2 Å². The second-order valence-corrected chi connectivity index (χ2v) is 13.0. The van der Waals surface area contributed by atoms with Gasteiger partial charge in [-0.1, -0.05) is 40.9 Å². The van der Waals surface area contributed by atoms with Crippen molar-refractivity contribution in [2.75, 3.05) is 17.5 Å². The molecule has 224 valence electrons. The lowest BCUT2D eigenvalue weighted by atomic mass is 10.1. The van der Waals surface area contributed by atoms with Gasteiger partial charge in [0.25, 0.3) is 10.0 Å². The summed E-state index contributed by atoms with van der Waals surface area (Å²) in [4.78, 5) is 28.6. The fourth-order valence-electron chi connectivity index (χ4n) is 4.94. The monoisotopic (exact) mass is 659 g/mol. The number of nitrogens with one attached hydrogen (secondary N) is 1. The summed E-state index contributed by atoms with van der Waals surface area (Å²) in [5.74, 6) is -0.900. The highest BCUT2D eigenvalue weighted by atomic mass is 79.9. The zero-order valence-electron chi connectivity index (χ0n) is 23.6. The quantitative estimate of drug-likeness (QED) is 0.271.